The number of nitrogens with zero attached hydrogens (tertiary/aromatic N) is 1. The third-order valence-corrected chi connectivity index (χ3v) is 3.64. The molecule has 0 aliphatic heterocycles. The van der Waals surface area contributed by atoms with E-state index in [-0.39, 0.29) is 11.2 Å². The molecule has 18 heavy (non-hydrogen) atoms. The minimum Gasteiger partial charge on any atom is -0.299 e. The van der Waals surface area contributed by atoms with Gasteiger partial charge in [-0.2, -0.15) is 0 Å². The van der Waals surface area contributed by atoms with Crippen molar-refractivity contribution in [2.45, 2.75) is 33.6 Å². The van der Waals surface area contributed by atoms with Gasteiger partial charge in [0.1, 0.15) is 5.78 Å². The minimum absolute atomic E-state index is 0.257. The van der Waals surface area contributed by atoms with E-state index in [1.54, 1.807) is 0 Å². The van der Waals surface area contributed by atoms with E-state index in [2.05, 4.69) is 4.98 Å². The monoisotopic (exact) mass is 241 g/mol. The van der Waals surface area contributed by atoms with Crippen LogP contribution in [0.5, 0.6) is 0 Å². The number of fused-ring (bicyclic) bond motifs is 1. The Labute approximate surface area is 108 Å². The van der Waals surface area contributed by atoms with Gasteiger partial charge in [0.2, 0.25) is 0 Å². The predicted octanol–water partition coefficient (Wildman–Crippen LogP) is 3.78. The molecule has 0 saturated carbocycles. The molecule has 1 aromatic carbocycles. The van der Waals surface area contributed by atoms with E-state index >= 15 is 0 Å². The summed E-state index contributed by atoms with van der Waals surface area (Å²) in [5, 5.41) is 1.11. The zero-order chi connectivity index (χ0) is 13.2. The summed E-state index contributed by atoms with van der Waals surface area (Å²) in [6, 6.07) is 12.0. The van der Waals surface area contributed by atoms with Gasteiger partial charge in [0.25, 0.3) is 0 Å². The molecule has 0 aliphatic carbocycles. The molecule has 2 nitrogen and oxygen atoms in total. The van der Waals surface area contributed by atoms with Crippen molar-refractivity contribution in [3.8, 4) is 0 Å². The SMILES string of the molecule is CCC(C)(C)C(=O)Cc1ccc2ccccc2n1. The smallest absolute Gasteiger partial charge is 0.144 e. The molecular formula is C16H19NO. The lowest BCUT2D eigenvalue weighted by molar-refractivity contribution is -0.126. The number of Topliss-reactive ketones (excluding diaryl/α,β-unsaturated/α-hetero) is 1. The predicted molar refractivity (Wildman–Crippen MR) is 74.5 cm³/mol. The van der Waals surface area contributed by atoms with Gasteiger partial charge < -0.3 is 0 Å². The number of hydrogen-bond acceptors (Lipinski definition) is 2. The Morgan fingerprint density at radius 3 is 2.61 bits per heavy atom. The van der Waals surface area contributed by atoms with Gasteiger partial charge >= 0.3 is 0 Å². The van der Waals surface area contributed by atoms with Crippen LogP contribution in [0.4, 0.5) is 0 Å². The molecule has 2 rings (SSSR count). The Hall–Kier alpha value is -1.70. The van der Waals surface area contributed by atoms with Crippen molar-refractivity contribution in [2.24, 2.45) is 5.41 Å². The van der Waals surface area contributed by atoms with Crippen molar-refractivity contribution in [3.63, 3.8) is 0 Å². The average molecular weight is 241 g/mol. The van der Waals surface area contributed by atoms with Crippen LogP contribution in [0.2, 0.25) is 0 Å². The van der Waals surface area contributed by atoms with Gasteiger partial charge in [-0.3, -0.25) is 9.78 Å². The summed E-state index contributed by atoms with van der Waals surface area (Å²) in [5.74, 6) is 0.257. The number of para-hydroxylation sites is 1. The molecule has 1 aromatic heterocycles. The fourth-order valence-corrected chi connectivity index (χ4v) is 1.81. The number of ketones is 1. The number of rotatable bonds is 4. The van der Waals surface area contributed by atoms with E-state index in [1.165, 1.54) is 0 Å². The van der Waals surface area contributed by atoms with E-state index in [1.807, 2.05) is 57.2 Å². The molecule has 1 heterocycles. The standard InChI is InChI=1S/C16H19NO/c1-4-16(2,3)15(18)11-13-10-9-12-7-5-6-8-14(12)17-13/h5-10H,4,11H2,1-3H3. The van der Waals surface area contributed by atoms with Gasteiger partial charge in [0.15, 0.2) is 0 Å². The van der Waals surface area contributed by atoms with Crippen LogP contribution in [0.15, 0.2) is 36.4 Å². The zero-order valence-corrected chi connectivity index (χ0v) is 11.2. The third kappa shape index (κ3) is 2.58. The van der Waals surface area contributed by atoms with Crippen LogP contribution in [0.25, 0.3) is 10.9 Å². The molecule has 0 radical (unpaired) electrons. The second-order valence-corrected chi connectivity index (χ2v) is 5.33. The summed E-state index contributed by atoms with van der Waals surface area (Å²) in [7, 11) is 0. The lowest BCUT2D eigenvalue weighted by Gasteiger charge is -2.20. The van der Waals surface area contributed by atoms with Gasteiger partial charge in [0, 0.05) is 22.9 Å². The fraction of sp³-hybridized carbons (Fsp3) is 0.375. The van der Waals surface area contributed by atoms with Gasteiger partial charge in [-0.25, -0.2) is 0 Å². The van der Waals surface area contributed by atoms with Crippen molar-refractivity contribution < 1.29 is 4.79 Å². The van der Waals surface area contributed by atoms with Gasteiger partial charge in [-0.05, 0) is 18.6 Å². The normalized spacial score (nSPS) is 11.7. The number of benzene rings is 1. The number of carbonyl (C=O) groups excluding carboxylic acids is 1. The Morgan fingerprint density at radius 1 is 1.17 bits per heavy atom. The highest BCUT2D eigenvalue weighted by atomic mass is 16.1. The van der Waals surface area contributed by atoms with Crippen molar-refractivity contribution in [1.29, 1.82) is 0 Å². The lowest BCUT2D eigenvalue weighted by atomic mass is 9.83. The quantitative estimate of drug-likeness (QED) is 0.815. The number of carbonyl (C=O) groups is 1. The highest BCUT2D eigenvalue weighted by molar-refractivity contribution is 5.86. The maximum absolute atomic E-state index is 12.2. The number of aromatic nitrogens is 1. The molecule has 0 N–H and O–H groups in total. The van der Waals surface area contributed by atoms with E-state index < -0.39 is 0 Å². The molecular weight excluding hydrogens is 222 g/mol. The summed E-state index contributed by atoms with van der Waals surface area (Å²) in [6.07, 6.45) is 1.28. The summed E-state index contributed by atoms with van der Waals surface area (Å²) >= 11 is 0. The van der Waals surface area contributed by atoms with E-state index in [9.17, 15) is 4.79 Å². The van der Waals surface area contributed by atoms with Crippen LogP contribution in [0.3, 0.4) is 0 Å². The summed E-state index contributed by atoms with van der Waals surface area (Å²) in [5.41, 5.74) is 1.56. The van der Waals surface area contributed by atoms with E-state index in [0.29, 0.717) is 6.42 Å². The van der Waals surface area contributed by atoms with Crippen molar-refractivity contribution in [1.82, 2.24) is 4.98 Å². The Kier molecular flexibility index (Phi) is 3.46. The molecule has 0 atom stereocenters. The average Bonchev–Trinajstić information content (AvgIpc) is 2.38. The summed E-state index contributed by atoms with van der Waals surface area (Å²) < 4.78 is 0. The van der Waals surface area contributed by atoms with Crippen molar-refractivity contribution in [3.05, 3.63) is 42.1 Å². The van der Waals surface area contributed by atoms with Crippen LogP contribution < -0.4 is 0 Å². The van der Waals surface area contributed by atoms with Crippen LogP contribution in [0.1, 0.15) is 32.9 Å². The number of hydrogen-bond donors (Lipinski definition) is 0. The first-order valence-electron chi connectivity index (χ1n) is 6.41. The van der Waals surface area contributed by atoms with Gasteiger partial charge in [0.05, 0.1) is 5.52 Å². The molecule has 0 bridgehead atoms. The van der Waals surface area contributed by atoms with Crippen LogP contribution in [-0.4, -0.2) is 10.8 Å². The van der Waals surface area contributed by atoms with Crippen LogP contribution in [0, 0.1) is 5.41 Å². The lowest BCUT2D eigenvalue weighted by Crippen LogP contribution is -2.25. The van der Waals surface area contributed by atoms with E-state index in [0.717, 1.165) is 23.0 Å². The maximum atomic E-state index is 12.2. The Morgan fingerprint density at radius 2 is 1.89 bits per heavy atom. The first-order chi connectivity index (χ1) is 8.53. The fourth-order valence-electron chi connectivity index (χ4n) is 1.81. The van der Waals surface area contributed by atoms with Crippen LogP contribution >= 0.6 is 0 Å². The van der Waals surface area contributed by atoms with Crippen molar-refractivity contribution in [2.75, 3.05) is 0 Å². The second kappa shape index (κ2) is 4.89. The van der Waals surface area contributed by atoms with E-state index in [4.69, 9.17) is 0 Å². The zero-order valence-electron chi connectivity index (χ0n) is 11.2. The number of pyridine rings is 1. The molecule has 0 amide bonds. The highest BCUT2D eigenvalue weighted by Gasteiger charge is 2.25. The molecule has 94 valence electrons. The van der Waals surface area contributed by atoms with Gasteiger partial charge in [-0.15, -0.1) is 0 Å². The van der Waals surface area contributed by atoms with Gasteiger partial charge in [-0.1, -0.05) is 45.0 Å². The largest absolute Gasteiger partial charge is 0.299 e. The molecule has 2 heteroatoms. The first-order valence-corrected chi connectivity index (χ1v) is 6.41. The molecule has 0 unspecified atom stereocenters. The maximum Gasteiger partial charge on any atom is 0.144 e. The molecule has 0 fully saturated rings. The Bertz CT molecular complexity index is 572. The molecule has 0 aliphatic rings. The Balaban J connectivity index is 2.25. The summed E-state index contributed by atoms with van der Waals surface area (Å²) in [4.78, 5) is 16.7. The third-order valence-electron chi connectivity index (χ3n) is 3.64. The first kappa shape index (κ1) is 12.7. The molecule has 2 aromatic rings. The highest BCUT2D eigenvalue weighted by Crippen LogP contribution is 2.23. The second-order valence-electron chi connectivity index (χ2n) is 5.33. The molecule has 0 saturated heterocycles. The van der Waals surface area contributed by atoms with Crippen molar-refractivity contribution >= 4 is 16.7 Å². The summed E-state index contributed by atoms with van der Waals surface area (Å²) in [6.45, 7) is 6.04. The van der Waals surface area contributed by atoms with Crippen LogP contribution in [-0.2, 0) is 11.2 Å². The topological polar surface area (TPSA) is 30.0 Å². The minimum atomic E-state index is -0.257. The molecule has 0 spiro atoms.